The summed E-state index contributed by atoms with van der Waals surface area (Å²) in [7, 11) is 0. The molecule has 2 nitrogen and oxygen atoms in total. The third-order valence-corrected chi connectivity index (χ3v) is 3.78. The first-order chi connectivity index (χ1) is 8.20. The Labute approximate surface area is 103 Å². The number of nitrogens with two attached hydrogens (primary N) is 1. The summed E-state index contributed by atoms with van der Waals surface area (Å²) in [6, 6.07) is 7.76. The van der Waals surface area contributed by atoms with E-state index in [2.05, 4.69) is 6.92 Å². The van der Waals surface area contributed by atoms with Gasteiger partial charge in [0.05, 0.1) is 0 Å². The smallest absolute Gasteiger partial charge is 0.165 e. The lowest BCUT2D eigenvalue weighted by Crippen LogP contribution is -2.21. The summed E-state index contributed by atoms with van der Waals surface area (Å²) < 4.78 is 0. The van der Waals surface area contributed by atoms with Crippen molar-refractivity contribution in [1.29, 1.82) is 0 Å². The fraction of sp³-hybridized carbons (Fsp3) is 0.533. The predicted octanol–water partition coefficient (Wildman–Crippen LogP) is 3.15. The summed E-state index contributed by atoms with van der Waals surface area (Å²) in [6.45, 7) is 2.78. The maximum absolute atomic E-state index is 12.3. The molecule has 0 aliphatic heterocycles. The number of ketones is 1. The molecule has 92 valence electrons. The highest BCUT2D eigenvalue weighted by Gasteiger charge is 2.25. The molecule has 1 aromatic rings. The molecule has 0 amide bonds. The molecule has 1 fully saturated rings. The fourth-order valence-corrected chi connectivity index (χ4v) is 2.71. The van der Waals surface area contributed by atoms with Crippen molar-refractivity contribution in [2.24, 2.45) is 17.6 Å². The van der Waals surface area contributed by atoms with Crippen LogP contribution in [0.3, 0.4) is 0 Å². The summed E-state index contributed by atoms with van der Waals surface area (Å²) in [4.78, 5) is 12.3. The number of hydrogen-bond acceptors (Lipinski definition) is 2. The van der Waals surface area contributed by atoms with Crippen molar-refractivity contribution in [3.8, 4) is 0 Å². The van der Waals surface area contributed by atoms with Crippen LogP contribution in [0, 0.1) is 11.8 Å². The van der Waals surface area contributed by atoms with Gasteiger partial charge in [-0.15, -0.1) is 0 Å². The minimum absolute atomic E-state index is 0.238. The van der Waals surface area contributed by atoms with E-state index in [0.29, 0.717) is 18.2 Å². The van der Waals surface area contributed by atoms with E-state index in [1.54, 1.807) is 0 Å². The standard InChI is InChI=1S/C15H21NO/c1-11-3-2-4-14(9-11)15(17)13-7-5-12(10-16)6-8-13/h5-8,11,14H,2-4,9-10,16H2,1H3. The lowest BCUT2D eigenvalue weighted by molar-refractivity contribution is 0.0868. The van der Waals surface area contributed by atoms with Crippen LogP contribution in [0.2, 0.25) is 0 Å². The van der Waals surface area contributed by atoms with Crippen molar-refractivity contribution >= 4 is 5.78 Å². The van der Waals surface area contributed by atoms with Gasteiger partial charge in [-0.05, 0) is 24.3 Å². The van der Waals surface area contributed by atoms with Gasteiger partial charge in [-0.3, -0.25) is 4.79 Å². The Morgan fingerprint density at radius 1 is 1.29 bits per heavy atom. The van der Waals surface area contributed by atoms with Crippen LogP contribution in [0.1, 0.15) is 48.5 Å². The van der Waals surface area contributed by atoms with Gasteiger partial charge in [0.15, 0.2) is 5.78 Å². The first kappa shape index (κ1) is 12.3. The maximum Gasteiger partial charge on any atom is 0.165 e. The summed E-state index contributed by atoms with van der Waals surface area (Å²) in [6.07, 6.45) is 4.58. The molecule has 1 aromatic carbocycles. The lowest BCUT2D eigenvalue weighted by atomic mass is 9.79. The van der Waals surface area contributed by atoms with E-state index < -0.39 is 0 Å². The van der Waals surface area contributed by atoms with Gasteiger partial charge in [0.25, 0.3) is 0 Å². The highest BCUT2D eigenvalue weighted by Crippen LogP contribution is 2.30. The van der Waals surface area contributed by atoms with Crippen LogP contribution < -0.4 is 5.73 Å². The fourth-order valence-electron chi connectivity index (χ4n) is 2.71. The zero-order valence-electron chi connectivity index (χ0n) is 10.5. The molecule has 2 rings (SSSR count). The summed E-state index contributed by atoms with van der Waals surface area (Å²) in [5.74, 6) is 1.25. The molecule has 0 aromatic heterocycles. The molecule has 2 atom stereocenters. The van der Waals surface area contributed by atoms with Crippen LogP contribution in [0.15, 0.2) is 24.3 Å². The van der Waals surface area contributed by atoms with Crippen molar-refractivity contribution in [2.45, 2.75) is 39.2 Å². The highest BCUT2D eigenvalue weighted by atomic mass is 16.1. The first-order valence-electron chi connectivity index (χ1n) is 6.54. The second-order valence-electron chi connectivity index (χ2n) is 5.23. The van der Waals surface area contributed by atoms with Crippen molar-refractivity contribution in [1.82, 2.24) is 0 Å². The molecule has 2 heteroatoms. The molecule has 0 bridgehead atoms. The Kier molecular flexibility index (Phi) is 3.95. The Hall–Kier alpha value is -1.15. The van der Waals surface area contributed by atoms with E-state index in [4.69, 9.17) is 5.73 Å². The highest BCUT2D eigenvalue weighted by molar-refractivity contribution is 5.97. The van der Waals surface area contributed by atoms with Gasteiger partial charge in [-0.2, -0.15) is 0 Å². The molecular weight excluding hydrogens is 210 g/mol. The second kappa shape index (κ2) is 5.46. The van der Waals surface area contributed by atoms with E-state index in [1.165, 1.54) is 12.8 Å². The van der Waals surface area contributed by atoms with Gasteiger partial charge < -0.3 is 5.73 Å². The van der Waals surface area contributed by atoms with E-state index in [0.717, 1.165) is 24.0 Å². The van der Waals surface area contributed by atoms with Gasteiger partial charge in [-0.25, -0.2) is 0 Å². The van der Waals surface area contributed by atoms with Crippen molar-refractivity contribution in [3.63, 3.8) is 0 Å². The SMILES string of the molecule is CC1CCCC(C(=O)c2ccc(CN)cc2)C1. The number of rotatable bonds is 3. The minimum atomic E-state index is 0.238. The molecule has 0 heterocycles. The lowest BCUT2D eigenvalue weighted by Gasteiger charge is -2.25. The van der Waals surface area contributed by atoms with Crippen molar-refractivity contribution in [2.75, 3.05) is 0 Å². The molecule has 1 aliphatic rings. The topological polar surface area (TPSA) is 43.1 Å². The molecule has 0 radical (unpaired) electrons. The zero-order chi connectivity index (χ0) is 12.3. The van der Waals surface area contributed by atoms with Crippen LogP contribution in [-0.4, -0.2) is 5.78 Å². The maximum atomic E-state index is 12.3. The average molecular weight is 231 g/mol. The third kappa shape index (κ3) is 2.95. The van der Waals surface area contributed by atoms with E-state index >= 15 is 0 Å². The number of benzene rings is 1. The Balaban J connectivity index is 2.07. The largest absolute Gasteiger partial charge is 0.326 e. The molecule has 2 N–H and O–H groups in total. The number of hydrogen-bond donors (Lipinski definition) is 1. The van der Waals surface area contributed by atoms with Gasteiger partial charge in [0.2, 0.25) is 0 Å². The van der Waals surface area contributed by atoms with E-state index in [1.807, 2.05) is 24.3 Å². The van der Waals surface area contributed by atoms with Crippen LogP contribution >= 0.6 is 0 Å². The van der Waals surface area contributed by atoms with Crippen LogP contribution in [-0.2, 0) is 6.54 Å². The Morgan fingerprint density at radius 2 is 2.00 bits per heavy atom. The molecule has 1 saturated carbocycles. The summed E-state index contributed by atoms with van der Waals surface area (Å²) >= 11 is 0. The number of carbonyl (C=O) groups excluding carboxylic acids is 1. The van der Waals surface area contributed by atoms with Gasteiger partial charge in [0.1, 0.15) is 0 Å². The molecular formula is C15H21NO. The molecule has 2 unspecified atom stereocenters. The van der Waals surface area contributed by atoms with Gasteiger partial charge in [0, 0.05) is 18.0 Å². The Morgan fingerprint density at radius 3 is 2.59 bits per heavy atom. The molecule has 17 heavy (non-hydrogen) atoms. The third-order valence-electron chi connectivity index (χ3n) is 3.78. The van der Waals surface area contributed by atoms with Crippen LogP contribution in [0.4, 0.5) is 0 Å². The molecule has 1 aliphatic carbocycles. The van der Waals surface area contributed by atoms with Crippen molar-refractivity contribution < 1.29 is 4.79 Å². The second-order valence-corrected chi connectivity index (χ2v) is 5.23. The Bertz CT molecular complexity index is 382. The normalized spacial score (nSPS) is 24.6. The minimum Gasteiger partial charge on any atom is -0.326 e. The average Bonchev–Trinajstić information content (AvgIpc) is 2.38. The van der Waals surface area contributed by atoms with Crippen molar-refractivity contribution in [3.05, 3.63) is 35.4 Å². The number of carbonyl (C=O) groups is 1. The van der Waals surface area contributed by atoms with Crippen LogP contribution in [0.5, 0.6) is 0 Å². The number of Topliss-reactive ketones (excluding diaryl/α,β-unsaturated/α-hetero) is 1. The van der Waals surface area contributed by atoms with Gasteiger partial charge >= 0.3 is 0 Å². The summed E-state index contributed by atoms with van der Waals surface area (Å²) in [5.41, 5.74) is 7.48. The monoisotopic (exact) mass is 231 g/mol. The van der Waals surface area contributed by atoms with Gasteiger partial charge in [-0.1, -0.05) is 44.0 Å². The molecule has 0 spiro atoms. The predicted molar refractivity (Wildman–Crippen MR) is 69.8 cm³/mol. The molecule has 0 saturated heterocycles. The quantitative estimate of drug-likeness (QED) is 0.812. The first-order valence-corrected chi connectivity index (χ1v) is 6.54. The zero-order valence-corrected chi connectivity index (χ0v) is 10.5. The van der Waals surface area contributed by atoms with Crippen LogP contribution in [0.25, 0.3) is 0 Å². The summed E-state index contributed by atoms with van der Waals surface area (Å²) in [5, 5.41) is 0. The van der Waals surface area contributed by atoms with E-state index in [9.17, 15) is 4.79 Å². The van der Waals surface area contributed by atoms with E-state index in [-0.39, 0.29) is 5.92 Å².